The molecule has 2 aliphatic rings. The summed E-state index contributed by atoms with van der Waals surface area (Å²) >= 11 is 0. The lowest BCUT2D eigenvalue weighted by molar-refractivity contribution is -0.131. The van der Waals surface area contributed by atoms with Crippen molar-refractivity contribution < 1.29 is 22.5 Å². The molecule has 5 rings (SSSR count). The van der Waals surface area contributed by atoms with E-state index in [1.807, 2.05) is 23.1 Å². The Morgan fingerprint density at radius 2 is 1.84 bits per heavy atom. The molecular formula is C33H42N4O5S. The van der Waals surface area contributed by atoms with Crippen molar-refractivity contribution in [3.63, 3.8) is 0 Å². The topological polar surface area (TPSA) is 114 Å². The van der Waals surface area contributed by atoms with Crippen molar-refractivity contribution in [2.24, 2.45) is 10.9 Å². The molecule has 1 N–H and O–H groups in total. The zero-order chi connectivity index (χ0) is 30.8. The quantitative estimate of drug-likeness (QED) is 0.237. The van der Waals surface area contributed by atoms with Crippen molar-refractivity contribution in [1.29, 1.82) is 0 Å². The molecule has 1 saturated carbocycles. The van der Waals surface area contributed by atoms with Crippen molar-refractivity contribution >= 4 is 27.6 Å². The first-order valence-electron chi connectivity index (χ1n) is 15.3. The zero-order valence-corrected chi connectivity index (χ0v) is 26.6. The molecule has 1 aromatic heterocycles. The number of nitrogens with zero attached hydrogens (tertiary/aromatic N) is 3. The summed E-state index contributed by atoms with van der Waals surface area (Å²) in [5.74, 6) is 2.51. The second-order valence-electron chi connectivity index (χ2n) is 12.1. The molecule has 9 nitrogen and oxygen atoms in total. The number of ether oxygens (including phenoxy) is 1. The Bertz CT molecular complexity index is 1620. The Morgan fingerprint density at radius 3 is 2.51 bits per heavy atom. The van der Waals surface area contributed by atoms with Crippen molar-refractivity contribution in [1.82, 2.24) is 10.1 Å². The number of hydrogen-bond donors (Lipinski definition) is 1. The van der Waals surface area contributed by atoms with Gasteiger partial charge in [-0.15, -0.1) is 0 Å². The van der Waals surface area contributed by atoms with E-state index in [-0.39, 0.29) is 22.5 Å². The summed E-state index contributed by atoms with van der Waals surface area (Å²) in [7, 11) is -4.01. The molecule has 3 aromatic rings. The molecule has 1 aliphatic carbocycles. The van der Waals surface area contributed by atoms with Gasteiger partial charge in [-0.25, -0.2) is 8.42 Å². The van der Waals surface area contributed by atoms with Gasteiger partial charge in [0.15, 0.2) is 5.82 Å². The van der Waals surface area contributed by atoms with Crippen LogP contribution in [0.2, 0.25) is 0 Å². The highest BCUT2D eigenvalue weighted by Crippen LogP contribution is 2.41. The molecule has 0 saturated heterocycles. The fourth-order valence-electron chi connectivity index (χ4n) is 5.76. The minimum Gasteiger partial charge on any atom is -0.493 e. The van der Waals surface area contributed by atoms with Crippen molar-refractivity contribution in [3.8, 4) is 16.9 Å². The number of hydrogen-bond acceptors (Lipinski definition) is 7. The van der Waals surface area contributed by atoms with Crippen LogP contribution in [0.25, 0.3) is 11.1 Å². The molecule has 0 bridgehead atoms. The van der Waals surface area contributed by atoms with Gasteiger partial charge in [0.1, 0.15) is 22.9 Å². The highest BCUT2D eigenvalue weighted by molar-refractivity contribution is 7.92. The van der Waals surface area contributed by atoms with E-state index >= 15 is 0 Å². The third-order valence-corrected chi connectivity index (χ3v) is 9.69. The molecule has 43 heavy (non-hydrogen) atoms. The highest BCUT2D eigenvalue weighted by atomic mass is 32.2. The number of unbranched alkanes of at least 4 members (excludes halogenated alkanes) is 1. The lowest BCUT2D eigenvalue weighted by Gasteiger charge is -2.23. The molecule has 1 amide bonds. The SMILES string of the molecule is CCCCC1=NC2(CCCC2)C(=O)N1Cc1ccc(-c2ccccc2S(=O)(=O)Nc2noc(C)c2C)c(OCC(C)C)c1. The van der Waals surface area contributed by atoms with Gasteiger partial charge >= 0.3 is 0 Å². The van der Waals surface area contributed by atoms with E-state index in [9.17, 15) is 13.2 Å². The molecule has 10 heteroatoms. The van der Waals surface area contributed by atoms with Crippen LogP contribution in [-0.2, 0) is 21.4 Å². The van der Waals surface area contributed by atoms with E-state index < -0.39 is 15.6 Å². The summed E-state index contributed by atoms with van der Waals surface area (Å²) in [5.41, 5.74) is 2.09. The van der Waals surface area contributed by atoms with Crippen molar-refractivity contribution in [2.75, 3.05) is 11.3 Å². The zero-order valence-electron chi connectivity index (χ0n) is 25.8. The number of rotatable bonds is 12. The number of amidine groups is 1. The number of carbonyl (C=O) groups excluding carboxylic acids is 1. The van der Waals surface area contributed by atoms with Crippen LogP contribution >= 0.6 is 0 Å². The minimum absolute atomic E-state index is 0.101. The summed E-state index contributed by atoms with van der Waals surface area (Å²) in [6.07, 6.45) is 6.47. The largest absolute Gasteiger partial charge is 0.493 e. The maximum atomic E-state index is 13.7. The monoisotopic (exact) mass is 606 g/mol. The summed E-state index contributed by atoms with van der Waals surface area (Å²) in [5, 5.41) is 3.88. The molecule has 230 valence electrons. The van der Waals surface area contributed by atoms with Gasteiger partial charge in [0, 0.05) is 23.1 Å². The second-order valence-corrected chi connectivity index (χ2v) is 13.8. The molecule has 1 spiro atoms. The molecule has 2 aromatic carbocycles. The standard InChI is InChI=1S/C33H42N4O5S/c1-6-7-14-30-34-33(17-10-11-18-33)32(38)37(30)20-25-15-16-26(28(19-25)41-21-22(2)3)27-12-8-9-13-29(27)43(39,40)36-31-23(4)24(5)42-35-31/h8-9,12-13,15-16,19,22H,6-7,10-11,14,17-18,20-21H2,1-5H3,(H,35,36). The van der Waals surface area contributed by atoms with Gasteiger partial charge < -0.3 is 9.26 Å². The predicted octanol–water partition coefficient (Wildman–Crippen LogP) is 7.04. The van der Waals surface area contributed by atoms with Crippen LogP contribution in [-0.4, -0.2) is 42.4 Å². The van der Waals surface area contributed by atoms with E-state index in [1.165, 1.54) is 0 Å². The third kappa shape index (κ3) is 6.34. The van der Waals surface area contributed by atoms with Gasteiger partial charge in [-0.05, 0) is 56.7 Å². The number of anilines is 1. The van der Waals surface area contributed by atoms with Crippen LogP contribution in [0.3, 0.4) is 0 Å². The number of nitrogens with one attached hydrogen (secondary N) is 1. The maximum absolute atomic E-state index is 13.7. The average molecular weight is 607 g/mol. The Balaban J connectivity index is 1.50. The Kier molecular flexibility index (Phi) is 8.96. The lowest BCUT2D eigenvalue weighted by Crippen LogP contribution is -2.40. The van der Waals surface area contributed by atoms with Crippen LogP contribution in [0.15, 0.2) is 56.9 Å². The van der Waals surface area contributed by atoms with E-state index in [2.05, 4.69) is 30.6 Å². The van der Waals surface area contributed by atoms with Gasteiger partial charge in [0.05, 0.1) is 18.0 Å². The average Bonchev–Trinajstić information content (AvgIpc) is 3.66. The van der Waals surface area contributed by atoms with E-state index in [4.69, 9.17) is 14.3 Å². The Hall–Kier alpha value is -3.66. The first-order chi connectivity index (χ1) is 20.5. The molecule has 1 fully saturated rings. The molecule has 0 unspecified atom stereocenters. The Labute approximate surface area is 254 Å². The number of carbonyl (C=O) groups is 1. The van der Waals surface area contributed by atoms with Crippen LogP contribution in [0.5, 0.6) is 5.75 Å². The van der Waals surface area contributed by atoms with E-state index in [1.54, 1.807) is 38.1 Å². The van der Waals surface area contributed by atoms with Gasteiger partial charge in [-0.2, -0.15) is 0 Å². The number of benzene rings is 2. The minimum atomic E-state index is -4.01. The fraction of sp³-hybridized carbons (Fsp3) is 0.485. The molecule has 1 aliphatic heterocycles. The molecule has 0 atom stereocenters. The number of aryl methyl sites for hydroxylation is 1. The fourth-order valence-corrected chi connectivity index (χ4v) is 7.04. The van der Waals surface area contributed by atoms with Gasteiger partial charge in [-0.3, -0.25) is 19.4 Å². The summed E-state index contributed by atoms with van der Waals surface area (Å²) < 4.78 is 41.3. The summed E-state index contributed by atoms with van der Waals surface area (Å²) in [6, 6.07) is 12.6. The second kappa shape index (κ2) is 12.5. The van der Waals surface area contributed by atoms with Crippen molar-refractivity contribution in [2.45, 2.75) is 96.5 Å². The Morgan fingerprint density at radius 1 is 1.09 bits per heavy atom. The number of amides is 1. The number of sulfonamides is 1. The normalized spacial score (nSPS) is 16.4. The van der Waals surface area contributed by atoms with Gasteiger partial charge in [0.25, 0.3) is 15.9 Å². The van der Waals surface area contributed by atoms with Crippen molar-refractivity contribution in [3.05, 3.63) is 59.4 Å². The third-order valence-electron chi connectivity index (χ3n) is 8.30. The van der Waals surface area contributed by atoms with Crippen LogP contribution in [0.1, 0.15) is 82.6 Å². The first kappa shape index (κ1) is 30.8. The summed E-state index contributed by atoms with van der Waals surface area (Å²) in [4.78, 5) is 20.7. The van der Waals surface area contributed by atoms with Gasteiger partial charge in [0.2, 0.25) is 0 Å². The van der Waals surface area contributed by atoms with Crippen LogP contribution in [0.4, 0.5) is 5.82 Å². The predicted molar refractivity (Wildman–Crippen MR) is 168 cm³/mol. The van der Waals surface area contributed by atoms with E-state index in [0.29, 0.717) is 41.4 Å². The highest BCUT2D eigenvalue weighted by Gasteiger charge is 2.49. The maximum Gasteiger partial charge on any atom is 0.263 e. The lowest BCUT2D eigenvalue weighted by atomic mass is 9.98. The van der Waals surface area contributed by atoms with Crippen LogP contribution in [0, 0.1) is 19.8 Å². The van der Waals surface area contributed by atoms with Crippen LogP contribution < -0.4 is 9.46 Å². The molecule has 2 heterocycles. The number of aliphatic imine (C=N–C) groups is 1. The molecular weight excluding hydrogens is 564 g/mol. The first-order valence-corrected chi connectivity index (χ1v) is 16.7. The van der Waals surface area contributed by atoms with E-state index in [0.717, 1.165) is 56.3 Å². The smallest absolute Gasteiger partial charge is 0.263 e. The van der Waals surface area contributed by atoms with Gasteiger partial charge in [-0.1, -0.05) is 75.5 Å². The number of aromatic nitrogens is 1. The summed E-state index contributed by atoms with van der Waals surface area (Å²) in [6.45, 7) is 10.6. The molecule has 0 radical (unpaired) electrons.